The van der Waals surface area contributed by atoms with E-state index >= 15 is 0 Å². The Morgan fingerprint density at radius 2 is 1.92 bits per heavy atom. The number of Topliss-reactive ketones (excluding diaryl/α,β-unsaturated/α-hetero) is 2. The highest BCUT2D eigenvalue weighted by Gasteiger charge is 2.47. The number of hydrogen-bond donors (Lipinski definition) is 0. The standard InChI is InChI=1S/C11H14O2/c1-3-7-11(8-4-2)9(12)5-6-10(11)13/h1H,4-8H2,2H3. The van der Waals surface area contributed by atoms with Crippen molar-refractivity contribution >= 4 is 11.6 Å². The second kappa shape index (κ2) is 3.74. The quantitative estimate of drug-likeness (QED) is 0.487. The molecule has 0 radical (unpaired) electrons. The van der Waals surface area contributed by atoms with Crippen LogP contribution in [0, 0.1) is 17.8 Å². The predicted octanol–water partition coefficient (Wildman–Crippen LogP) is 1.73. The molecule has 0 aromatic carbocycles. The molecule has 1 aliphatic rings. The average Bonchev–Trinajstić information content (AvgIpc) is 2.35. The van der Waals surface area contributed by atoms with Gasteiger partial charge in [-0.2, -0.15) is 0 Å². The van der Waals surface area contributed by atoms with Gasteiger partial charge in [0.25, 0.3) is 0 Å². The summed E-state index contributed by atoms with van der Waals surface area (Å²) in [5, 5.41) is 0. The first-order valence-corrected chi connectivity index (χ1v) is 4.67. The number of ketones is 2. The average molecular weight is 178 g/mol. The van der Waals surface area contributed by atoms with Gasteiger partial charge in [-0.3, -0.25) is 9.59 Å². The molecule has 0 atom stereocenters. The maximum absolute atomic E-state index is 11.6. The highest BCUT2D eigenvalue weighted by Crippen LogP contribution is 2.38. The van der Waals surface area contributed by atoms with E-state index in [1.165, 1.54) is 0 Å². The van der Waals surface area contributed by atoms with Gasteiger partial charge < -0.3 is 0 Å². The first-order chi connectivity index (χ1) is 6.17. The van der Waals surface area contributed by atoms with E-state index in [1.54, 1.807) is 0 Å². The first kappa shape index (κ1) is 9.98. The topological polar surface area (TPSA) is 34.1 Å². The molecular weight excluding hydrogens is 164 g/mol. The van der Waals surface area contributed by atoms with Crippen molar-refractivity contribution in [1.82, 2.24) is 0 Å². The fraction of sp³-hybridized carbons (Fsp3) is 0.636. The molecule has 2 heteroatoms. The number of carbonyl (C=O) groups excluding carboxylic acids is 2. The second-order valence-electron chi connectivity index (χ2n) is 3.56. The Bertz CT molecular complexity index is 254. The Labute approximate surface area is 78.7 Å². The van der Waals surface area contributed by atoms with E-state index in [1.807, 2.05) is 6.92 Å². The molecule has 13 heavy (non-hydrogen) atoms. The van der Waals surface area contributed by atoms with Gasteiger partial charge in [0, 0.05) is 19.3 Å². The summed E-state index contributed by atoms with van der Waals surface area (Å²) in [6.07, 6.45) is 7.72. The van der Waals surface area contributed by atoms with Gasteiger partial charge in [-0.25, -0.2) is 0 Å². The molecule has 70 valence electrons. The summed E-state index contributed by atoms with van der Waals surface area (Å²) in [6, 6.07) is 0. The number of hydrogen-bond acceptors (Lipinski definition) is 2. The molecule has 1 aliphatic carbocycles. The molecule has 0 amide bonds. The van der Waals surface area contributed by atoms with Crippen LogP contribution in [-0.2, 0) is 9.59 Å². The number of terminal acetylenes is 1. The highest BCUT2D eigenvalue weighted by molar-refractivity contribution is 6.13. The van der Waals surface area contributed by atoms with Gasteiger partial charge in [0.1, 0.15) is 11.6 Å². The van der Waals surface area contributed by atoms with Crippen LogP contribution in [0.3, 0.4) is 0 Å². The zero-order valence-electron chi connectivity index (χ0n) is 7.93. The monoisotopic (exact) mass is 178 g/mol. The Hall–Kier alpha value is -1.10. The van der Waals surface area contributed by atoms with Crippen molar-refractivity contribution in [3.8, 4) is 12.3 Å². The van der Waals surface area contributed by atoms with Crippen LogP contribution in [0.25, 0.3) is 0 Å². The van der Waals surface area contributed by atoms with E-state index in [2.05, 4.69) is 5.92 Å². The largest absolute Gasteiger partial charge is 0.299 e. The van der Waals surface area contributed by atoms with Gasteiger partial charge >= 0.3 is 0 Å². The van der Waals surface area contributed by atoms with E-state index in [4.69, 9.17) is 6.42 Å². The predicted molar refractivity (Wildman–Crippen MR) is 50.0 cm³/mol. The van der Waals surface area contributed by atoms with E-state index < -0.39 is 5.41 Å². The molecule has 0 bridgehead atoms. The van der Waals surface area contributed by atoms with Crippen molar-refractivity contribution in [3.05, 3.63) is 0 Å². The minimum absolute atomic E-state index is 0.0531. The highest BCUT2D eigenvalue weighted by atomic mass is 16.2. The summed E-state index contributed by atoms with van der Waals surface area (Å²) in [5.41, 5.74) is -0.802. The van der Waals surface area contributed by atoms with Gasteiger partial charge in [-0.05, 0) is 6.42 Å². The molecule has 0 heterocycles. The third-order valence-corrected chi connectivity index (χ3v) is 2.73. The van der Waals surface area contributed by atoms with Crippen LogP contribution < -0.4 is 0 Å². The molecule has 0 spiro atoms. The summed E-state index contributed by atoms with van der Waals surface area (Å²) in [4.78, 5) is 23.1. The van der Waals surface area contributed by atoms with Crippen LogP contribution in [0.1, 0.15) is 39.0 Å². The van der Waals surface area contributed by atoms with Crippen LogP contribution in [0.4, 0.5) is 0 Å². The lowest BCUT2D eigenvalue weighted by molar-refractivity contribution is -0.135. The Kier molecular flexibility index (Phi) is 2.87. The van der Waals surface area contributed by atoms with E-state index in [0.717, 1.165) is 6.42 Å². The molecule has 0 unspecified atom stereocenters. The maximum atomic E-state index is 11.6. The fourth-order valence-electron chi connectivity index (χ4n) is 2.03. The van der Waals surface area contributed by atoms with Crippen LogP contribution in [0.15, 0.2) is 0 Å². The zero-order valence-corrected chi connectivity index (χ0v) is 7.93. The lowest BCUT2D eigenvalue weighted by atomic mass is 9.77. The van der Waals surface area contributed by atoms with Crippen molar-refractivity contribution in [2.24, 2.45) is 5.41 Å². The molecule has 1 fully saturated rings. The molecule has 1 rings (SSSR count). The molecule has 1 saturated carbocycles. The first-order valence-electron chi connectivity index (χ1n) is 4.67. The number of carbonyl (C=O) groups is 2. The van der Waals surface area contributed by atoms with Gasteiger partial charge in [0.2, 0.25) is 0 Å². The van der Waals surface area contributed by atoms with Crippen molar-refractivity contribution in [2.45, 2.75) is 39.0 Å². The molecule has 0 saturated heterocycles. The summed E-state index contributed by atoms with van der Waals surface area (Å²) in [5.74, 6) is 2.56. The van der Waals surface area contributed by atoms with Gasteiger partial charge in [0.15, 0.2) is 0 Å². The fourth-order valence-corrected chi connectivity index (χ4v) is 2.03. The third kappa shape index (κ3) is 1.51. The number of rotatable bonds is 3. The molecule has 0 aromatic rings. The third-order valence-electron chi connectivity index (χ3n) is 2.73. The van der Waals surface area contributed by atoms with Crippen molar-refractivity contribution in [2.75, 3.05) is 0 Å². The van der Waals surface area contributed by atoms with E-state index in [0.29, 0.717) is 25.7 Å². The molecule has 0 aliphatic heterocycles. The normalized spacial score (nSPS) is 20.3. The van der Waals surface area contributed by atoms with Crippen molar-refractivity contribution < 1.29 is 9.59 Å². The van der Waals surface area contributed by atoms with Gasteiger partial charge in [-0.15, -0.1) is 12.3 Å². The molecule has 0 N–H and O–H groups in total. The molecule has 0 aromatic heterocycles. The Morgan fingerprint density at radius 1 is 1.38 bits per heavy atom. The smallest absolute Gasteiger partial charge is 0.147 e. The maximum Gasteiger partial charge on any atom is 0.147 e. The summed E-state index contributed by atoms with van der Waals surface area (Å²) >= 11 is 0. The molecule has 2 nitrogen and oxygen atoms in total. The second-order valence-corrected chi connectivity index (χ2v) is 3.56. The van der Waals surface area contributed by atoms with Crippen molar-refractivity contribution in [3.63, 3.8) is 0 Å². The van der Waals surface area contributed by atoms with Crippen LogP contribution >= 0.6 is 0 Å². The van der Waals surface area contributed by atoms with E-state index in [9.17, 15) is 9.59 Å². The summed E-state index contributed by atoms with van der Waals surface area (Å²) < 4.78 is 0. The van der Waals surface area contributed by atoms with Gasteiger partial charge in [0.05, 0.1) is 5.41 Å². The van der Waals surface area contributed by atoms with Crippen LogP contribution in [0.5, 0.6) is 0 Å². The van der Waals surface area contributed by atoms with Gasteiger partial charge in [-0.1, -0.05) is 13.3 Å². The molecular formula is C11H14O2. The minimum Gasteiger partial charge on any atom is -0.299 e. The summed E-state index contributed by atoms with van der Waals surface area (Å²) in [6.45, 7) is 1.97. The lowest BCUT2D eigenvalue weighted by Crippen LogP contribution is -2.32. The Balaban J connectivity index is 2.94. The SMILES string of the molecule is C#CCC1(CCC)C(=O)CCC1=O. The minimum atomic E-state index is -0.802. The lowest BCUT2D eigenvalue weighted by Gasteiger charge is -2.22. The van der Waals surface area contributed by atoms with Crippen molar-refractivity contribution in [1.29, 1.82) is 0 Å². The van der Waals surface area contributed by atoms with Crippen LogP contribution in [-0.4, -0.2) is 11.6 Å². The Morgan fingerprint density at radius 3 is 2.31 bits per heavy atom. The van der Waals surface area contributed by atoms with Crippen LogP contribution in [0.2, 0.25) is 0 Å². The zero-order chi connectivity index (χ0) is 9.90. The van der Waals surface area contributed by atoms with E-state index in [-0.39, 0.29) is 11.6 Å². The summed E-state index contributed by atoms with van der Waals surface area (Å²) in [7, 11) is 0.